The molecule has 0 radical (unpaired) electrons. The van der Waals surface area contributed by atoms with Gasteiger partial charge in [0.05, 0.1) is 12.2 Å². The van der Waals surface area contributed by atoms with E-state index in [0.29, 0.717) is 30.0 Å². The predicted octanol–water partition coefficient (Wildman–Crippen LogP) is 4.58. The van der Waals surface area contributed by atoms with E-state index < -0.39 is 12.1 Å². The van der Waals surface area contributed by atoms with Gasteiger partial charge in [0.2, 0.25) is 0 Å². The Morgan fingerprint density at radius 2 is 1.74 bits per heavy atom. The molecule has 144 valence electrons. The summed E-state index contributed by atoms with van der Waals surface area (Å²) in [6.07, 6.45) is -0.104. The molecule has 0 aliphatic carbocycles. The van der Waals surface area contributed by atoms with E-state index >= 15 is 0 Å². The molecule has 0 saturated heterocycles. The molecule has 0 spiro atoms. The molecule has 0 bridgehead atoms. The van der Waals surface area contributed by atoms with E-state index in [9.17, 15) is 9.59 Å². The van der Waals surface area contributed by atoms with Gasteiger partial charge in [0.25, 0.3) is 5.91 Å². The molecular weight excluding hydrogens is 342 g/mol. The number of aryl methyl sites for hydroxylation is 3. The van der Waals surface area contributed by atoms with Gasteiger partial charge in [-0.15, -0.1) is 0 Å². The van der Waals surface area contributed by atoms with E-state index in [1.165, 1.54) is 0 Å². The Kier molecular flexibility index (Phi) is 6.99. The van der Waals surface area contributed by atoms with Crippen molar-refractivity contribution < 1.29 is 19.1 Å². The molecule has 0 aromatic heterocycles. The van der Waals surface area contributed by atoms with Gasteiger partial charge in [0.1, 0.15) is 5.75 Å². The van der Waals surface area contributed by atoms with E-state index in [2.05, 4.69) is 5.32 Å². The quantitative estimate of drug-likeness (QED) is 0.725. The highest BCUT2D eigenvalue weighted by molar-refractivity contribution is 5.97. The molecule has 2 rings (SSSR count). The number of carbonyl (C=O) groups is 2. The maximum absolute atomic E-state index is 12.7. The van der Waals surface area contributed by atoms with Crippen molar-refractivity contribution >= 4 is 17.6 Å². The van der Waals surface area contributed by atoms with Crippen LogP contribution in [0.25, 0.3) is 0 Å². The Morgan fingerprint density at radius 1 is 1.00 bits per heavy atom. The molecular formula is C22H27NO4. The number of ether oxygens (including phenoxy) is 2. The number of carbonyl (C=O) groups excluding carboxylic acids is 2. The molecule has 0 heterocycles. The number of hydrogen-bond donors (Lipinski definition) is 1. The van der Waals surface area contributed by atoms with Crippen molar-refractivity contribution in [1.29, 1.82) is 0 Å². The molecule has 0 saturated carbocycles. The summed E-state index contributed by atoms with van der Waals surface area (Å²) >= 11 is 0. The van der Waals surface area contributed by atoms with E-state index in [-0.39, 0.29) is 5.91 Å². The monoisotopic (exact) mass is 369 g/mol. The van der Waals surface area contributed by atoms with Crippen LogP contribution in [0.3, 0.4) is 0 Å². The third-order valence-electron chi connectivity index (χ3n) is 4.27. The summed E-state index contributed by atoms with van der Waals surface area (Å²) in [5, 5.41) is 2.88. The van der Waals surface area contributed by atoms with Crippen LogP contribution in [0.2, 0.25) is 0 Å². The molecule has 2 aromatic rings. The maximum atomic E-state index is 12.7. The third kappa shape index (κ3) is 5.33. The molecule has 0 aliphatic rings. The highest BCUT2D eigenvalue weighted by atomic mass is 16.5. The van der Waals surface area contributed by atoms with Crippen molar-refractivity contribution in [3.8, 4) is 5.75 Å². The van der Waals surface area contributed by atoms with Crippen LogP contribution in [0.4, 0.5) is 5.69 Å². The zero-order chi connectivity index (χ0) is 20.0. The van der Waals surface area contributed by atoms with Crippen LogP contribution in [-0.2, 0) is 9.53 Å². The van der Waals surface area contributed by atoms with Crippen molar-refractivity contribution in [2.75, 3.05) is 11.9 Å². The maximum Gasteiger partial charge on any atom is 0.338 e. The first-order valence-electron chi connectivity index (χ1n) is 9.18. The molecule has 5 heteroatoms. The first kappa shape index (κ1) is 20.5. The SMILES string of the molecule is CCOC(=O)c1ccc(C)c(NC(=O)[C@@H](CC)Oc2ccc(C)cc2C)c1. The fourth-order valence-corrected chi connectivity index (χ4v) is 2.72. The molecule has 27 heavy (non-hydrogen) atoms. The Hall–Kier alpha value is -2.82. The van der Waals surface area contributed by atoms with Gasteiger partial charge in [-0.1, -0.05) is 30.7 Å². The highest BCUT2D eigenvalue weighted by Gasteiger charge is 2.20. The lowest BCUT2D eigenvalue weighted by atomic mass is 10.1. The van der Waals surface area contributed by atoms with Crippen LogP contribution in [0.15, 0.2) is 36.4 Å². The first-order chi connectivity index (χ1) is 12.8. The van der Waals surface area contributed by atoms with Crippen molar-refractivity contribution in [3.63, 3.8) is 0 Å². The number of nitrogens with one attached hydrogen (secondary N) is 1. The highest BCUT2D eigenvalue weighted by Crippen LogP contribution is 2.23. The second kappa shape index (κ2) is 9.21. The van der Waals surface area contributed by atoms with Crippen LogP contribution < -0.4 is 10.1 Å². The number of anilines is 1. The van der Waals surface area contributed by atoms with Crippen LogP contribution >= 0.6 is 0 Å². The minimum absolute atomic E-state index is 0.249. The summed E-state index contributed by atoms with van der Waals surface area (Å²) in [6.45, 7) is 9.80. The molecule has 2 aromatic carbocycles. The number of hydrogen-bond acceptors (Lipinski definition) is 4. The molecule has 0 aliphatic heterocycles. The fraction of sp³-hybridized carbons (Fsp3) is 0.364. The van der Waals surface area contributed by atoms with Crippen LogP contribution in [0, 0.1) is 20.8 Å². The normalized spacial score (nSPS) is 11.6. The number of esters is 1. The lowest BCUT2D eigenvalue weighted by Crippen LogP contribution is -2.32. The number of amides is 1. The minimum Gasteiger partial charge on any atom is -0.480 e. The van der Waals surface area contributed by atoms with Crippen LogP contribution in [0.5, 0.6) is 5.75 Å². The summed E-state index contributed by atoms with van der Waals surface area (Å²) < 4.78 is 11.0. The summed E-state index contributed by atoms with van der Waals surface area (Å²) in [5.74, 6) is 0.0350. The van der Waals surface area contributed by atoms with Gasteiger partial charge in [-0.3, -0.25) is 4.79 Å². The number of rotatable bonds is 7. The Balaban J connectivity index is 2.16. The molecule has 1 N–H and O–H groups in total. The lowest BCUT2D eigenvalue weighted by Gasteiger charge is -2.19. The van der Waals surface area contributed by atoms with Crippen molar-refractivity contribution in [2.45, 2.75) is 47.1 Å². The first-order valence-corrected chi connectivity index (χ1v) is 9.18. The fourth-order valence-electron chi connectivity index (χ4n) is 2.72. The van der Waals surface area contributed by atoms with Crippen LogP contribution in [-0.4, -0.2) is 24.6 Å². The van der Waals surface area contributed by atoms with Gasteiger partial charge in [-0.05, 0) is 63.4 Å². The van der Waals surface area contributed by atoms with Gasteiger partial charge in [-0.25, -0.2) is 4.79 Å². The zero-order valence-corrected chi connectivity index (χ0v) is 16.6. The molecule has 1 atom stereocenters. The van der Waals surface area contributed by atoms with Gasteiger partial charge >= 0.3 is 5.97 Å². The minimum atomic E-state index is -0.628. The molecule has 1 amide bonds. The van der Waals surface area contributed by atoms with E-state index in [1.807, 2.05) is 45.9 Å². The Bertz CT molecular complexity index is 829. The lowest BCUT2D eigenvalue weighted by molar-refractivity contribution is -0.122. The zero-order valence-electron chi connectivity index (χ0n) is 16.6. The van der Waals surface area contributed by atoms with E-state index in [4.69, 9.17) is 9.47 Å². The second-order valence-electron chi connectivity index (χ2n) is 6.52. The molecule has 0 fully saturated rings. The van der Waals surface area contributed by atoms with Gasteiger partial charge in [-0.2, -0.15) is 0 Å². The largest absolute Gasteiger partial charge is 0.480 e. The van der Waals surface area contributed by atoms with Crippen LogP contribution in [0.1, 0.15) is 47.3 Å². The standard InChI is InChI=1S/C22H27NO4/c1-6-19(27-20-11-8-14(3)12-16(20)5)21(24)23-18-13-17(10-9-15(18)4)22(25)26-7-2/h8-13,19H,6-7H2,1-5H3,(H,23,24)/t19-/m1/s1. The summed E-state index contributed by atoms with van der Waals surface area (Å²) in [4.78, 5) is 24.7. The number of benzene rings is 2. The molecule has 5 nitrogen and oxygen atoms in total. The second-order valence-corrected chi connectivity index (χ2v) is 6.52. The predicted molar refractivity (Wildman–Crippen MR) is 106 cm³/mol. The third-order valence-corrected chi connectivity index (χ3v) is 4.27. The van der Waals surface area contributed by atoms with Gasteiger partial charge in [0.15, 0.2) is 6.10 Å². The Morgan fingerprint density at radius 3 is 2.37 bits per heavy atom. The Labute approximate surface area is 160 Å². The summed E-state index contributed by atoms with van der Waals surface area (Å²) in [7, 11) is 0. The summed E-state index contributed by atoms with van der Waals surface area (Å²) in [6, 6.07) is 11.0. The van der Waals surface area contributed by atoms with Gasteiger partial charge < -0.3 is 14.8 Å². The summed E-state index contributed by atoms with van der Waals surface area (Å²) in [5.41, 5.74) is 3.97. The van der Waals surface area contributed by atoms with Crippen molar-refractivity contribution in [2.24, 2.45) is 0 Å². The van der Waals surface area contributed by atoms with E-state index in [1.54, 1.807) is 25.1 Å². The average Bonchev–Trinajstić information content (AvgIpc) is 2.63. The topological polar surface area (TPSA) is 64.6 Å². The smallest absolute Gasteiger partial charge is 0.338 e. The van der Waals surface area contributed by atoms with Gasteiger partial charge in [0, 0.05) is 5.69 Å². The average molecular weight is 369 g/mol. The van der Waals surface area contributed by atoms with E-state index in [0.717, 1.165) is 16.7 Å². The van der Waals surface area contributed by atoms with Crippen molar-refractivity contribution in [1.82, 2.24) is 0 Å². The molecule has 0 unspecified atom stereocenters. The van der Waals surface area contributed by atoms with Crippen molar-refractivity contribution in [3.05, 3.63) is 58.7 Å².